The third kappa shape index (κ3) is 13.8. The molecule has 6 rings (SSSR count). The fraction of sp³-hybridized carbons (Fsp3) is 0.341. The molecule has 1 saturated heterocycles. The minimum absolute atomic E-state index is 0.275. The zero-order chi connectivity index (χ0) is 41.0. The first-order chi connectivity index (χ1) is 26.9. The Balaban J connectivity index is 0.000000287. The SMILES string of the molecule is CC(C)C(N)C=O.CCc1ncc(-c2ccc(C#Cc3ccc(-c4cnc(C5CCCN5C)[nH]4)cc3)cc2)[nH]1.CN(C)C(C(N)=O)c1ccccc1.COC=O. The lowest BCUT2D eigenvalue weighted by atomic mass is 10.1. The highest BCUT2D eigenvalue weighted by Crippen LogP contribution is 2.30. The van der Waals surface area contributed by atoms with E-state index in [9.17, 15) is 9.59 Å². The van der Waals surface area contributed by atoms with Crippen LogP contribution in [0.15, 0.2) is 91.3 Å². The second-order valence-electron chi connectivity index (χ2n) is 13.8. The number of H-pyrrole nitrogens is 2. The van der Waals surface area contributed by atoms with E-state index in [-0.39, 0.29) is 23.9 Å². The monoisotopic (exact) mass is 760 g/mol. The molecule has 1 aliphatic heterocycles. The molecule has 3 heterocycles. The zero-order valence-electron chi connectivity index (χ0n) is 33.5. The first-order valence-corrected chi connectivity index (χ1v) is 18.6. The maximum Gasteiger partial charge on any atom is 0.292 e. The fourth-order valence-electron chi connectivity index (χ4n) is 5.72. The molecule has 3 atom stereocenters. The van der Waals surface area contributed by atoms with Gasteiger partial charge in [0.25, 0.3) is 6.47 Å². The van der Waals surface area contributed by atoms with Crippen molar-refractivity contribution in [3.05, 3.63) is 120 Å². The van der Waals surface area contributed by atoms with Gasteiger partial charge in [-0.05, 0) is 87.4 Å². The summed E-state index contributed by atoms with van der Waals surface area (Å²) in [6, 6.07) is 25.9. The molecule has 0 bridgehead atoms. The Morgan fingerprint density at radius 1 is 0.929 bits per heavy atom. The maximum absolute atomic E-state index is 11.1. The molecule has 12 nitrogen and oxygen atoms in total. The molecular weight excluding hydrogens is 705 g/mol. The number of imidazole rings is 2. The van der Waals surface area contributed by atoms with Gasteiger partial charge in [0, 0.05) is 17.5 Å². The van der Waals surface area contributed by atoms with Crippen LogP contribution in [-0.2, 0) is 25.5 Å². The van der Waals surface area contributed by atoms with Crippen LogP contribution in [0.25, 0.3) is 22.5 Å². The van der Waals surface area contributed by atoms with Crippen LogP contribution in [0.1, 0.15) is 74.0 Å². The number of rotatable bonds is 10. The summed E-state index contributed by atoms with van der Waals surface area (Å²) in [6.45, 7) is 7.44. The van der Waals surface area contributed by atoms with Gasteiger partial charge >= 0.3 is 0 Å². The van der Waals surface area contributed by atoms with E-state index in [1.54, 1.807) is 4.90 Å². The highest BCUT2D eigenvalue weighted by molar-refractivity contribution is 5.81. The molecule has 0 saturated carbocycles. The van der Waals surface area contributed by atoms with E-state index in [1.165, 1.54) is 20.0 Å². The van der Waals surface area contributed by atoms with E-state index in [0.29, 0.717) is 12.5 Å². The van der Waals surface area contributed by atoms with Crippen LogP contribution in [0.4, 0.5) is 0 Å². The van der Waals surface area contributed by atoms with Gasteiger partial charge in [0.2, 0.25) is 5.91 Å². The van der Waals surface area contributed by atoms with Crippen LogP contribution in [0, 0.1) is 17.8 Å². The molecule has 1 fully saturated rings. The lowest BCUT2D eigenvalue weighted by molar-refractivity contribution is -0.126. The Morgan fingerprint density at radius 2 is 1.46 bits per heavy atom. The van der Waals surface area contributed by atoms with Crippen LogP contribution in [0.3, 0.4) is 0 Å². The molecule has 56 heavy (non-hydrogen) atoms. The first-order valence-electron chi connectivity index (χ1n) is 18.6. The number of likely N-dealkylation sites (tertiary alicyclic amines) is 1. The molecule has 1 amide bonds. The van der Waals surface area contributed by atoms with Crippen LogP contribution < -0.4 is 11.5 Å². The van der Waals surface area contributed by atoms with Gasteiger partial charge in [-0.2, -0.15) is 0 Å². The molecule has 1 aliphatic rings. The van der Waals surface area contributed by atoms with Gasteiger partial charge in [-0.15, -0.1) is 0 Å². The normalized spacial score (nSPS) is 14.4. The van der Waals surface area contributed by atoms with Crippen LogP contribution in [-0.4, -0.2) is 89.2 Å². The van der Waals surface area contributed by atoms with Crippen molar-refractivity contribution >= 4 is 18.7 Å². The second-order valence-corrected chi connectivity index (χ2v) is 13.8. The van der Waals surface area contributed by atoms with E-state index >= 15 is 0 Å². The lowest BCUT2D eigenvalue weighted by Crippen LogP contribution is -2.32. The lowest BCUT2D eigenvalue weighted by Gasteiger charge is -2.20. The Labute approximate surface area is 331 Å². The van der Waals surface area contributed by atoms with E-state index < -0.39 is 0 Å². The number of ether oxygens (including phenoxy) is 1. The van der Waals surface area contributed by atoms with Gasteiger partial charge < -0.3 is 31.0 Å². The van der Waals surface area contributed by atoms with Crippen molar-refractivity contribution in [1.29, 1.82) is 0 Å². The van der Waals surface area contributed by atoms with Gasteiger partial charge in [-0.3, -0.25) is 19.4 Å². The Kier molecular flexibility index (Phi) is 18.4. The number of benzene rings is 3. The van der Waals surface area contributed by atoms with Gasteiger partial charge in [0.1, 0.15) is 24.0 Å². The van der Waals surface area contributed by atoms with Gasteiger partial charge in [0.15, 0.2) is 0 Å². The van der Waals surface area contributed by atoms with Crippen molar-refractivity contribution in [3.63, 3.8) is 0 Å². The molecular formula is C44H56N8O4. The number of aromatic amines is 2. The number of methoxy groups -OCH3 is 1. The number of aromatic nitrogens is 4. The van der Waals surface area contributed by atoms with Crippen molar-refractivity contribution in [2.75, 3.05) is 34.8 Å². The summed E-state index contributed by atoms with van der Waals surface area (Å²) in [5.74, 6) is 8.54. The number of nitrogens with two attached hydrogens (primary N) is 2. The minimum atomic E-state index is -0.332. The van der Waals surface area contributed by atoms with E-state index in [4.69, 9.17) is 16.3 Å². The largest absolute Gasteiger partial charge is 0.471 e. The number of carbonyl (C=O) groups is 3. The summed E-state index contributed by atoms with van der Waals surface area (Å²) >= 11 is 0. The predicted octanol–water partition coefficient (Wildman–Crippen LogP) is 5.93. The van der Waals surface area contributed by atoms with E-state index in [0.717, 1.165) is 70.1 Å². The molecule has 2 aromatic heterocycles. The summed E-state index contributed by atoms with van der Waals surface area (Å²) in [5, 5.41) is 0. The fourth-order valence-corrected chi connectivity index (χ4v) is 5.72. The number of aryl methyl sites for hydroxylation is 1. The number of nitrogens with one attached hydrogen (secondary N) is 2. The van der Waals surface area contributed by atoms with Crippen molar-refractivity contribution in [2.24, 2.45) is 17.4 Å². The number of primary amides is 1. The highest BCUT2D eigenvalue weighted by atomic mass is 16.5. The highest BCUT2D eigenvalue weighted by Gasteiger charge is 2.25. The third-order valence-corrected chi connectivity index (χ3v) is 9.06. The first kappa shape index (κ1) is 44.5. The molecule has 6 N–H and O–H groups in total. The summed E-state index contributed by atoms with van der Waals surface area (Å²) < 4.78 is 3.86. The summed E-state index contributed by atoms with van der Waals surface area (Å²) in [4.78, 5) is 49.9. The standard InChI is InChI=1S/C27H27N5.C10H14N2O.C5H11NO.C2H4O2/c1-3-26-28-17-23(30-26)21-12-8-19(9-13-21)6-7-20-10-14-22(15-11-20)24-18-29-27(31-24)25-5-4-16-32(25)2;1-12(2)9(10(11)13)8-6-4-3-5-7-8;1-4(2)5(6)3-7;1-4-2-3/h8-15,17-18,25H,3-5,16H2,1-2H3,(H,28,30)(H,29,31);3-7,9H,1-2H3,(H2,11,13);3-5H,6H2,1-2H3;2H,1H3. The van der Waals surface area contributed by atoms with Gasteiger partial charge in [-0.25, -0.2) is 9.97 Å². The Hall–Kier alpha value is -5.87. The molecule has 0 radical (unpaired) electrons. The number of aldehydes is 1. The topological polar surface area (TPSA) is 176 Å². The Morgan fingerprint density at radius 3 is 1.86 bits per heavy atom. The summed E-state index contributed by atoms with van der Waals surface area (Å²) in [6.07, 6.45) is 7.89. The average Bonchev–Trinajstić information content (AvgIpc) is 4.00. The van der Waals surface area contributed by atoms with Crippen molar-refractivity contribution in [1.82, 2.24) is 29.7 Å². The number of carbonyl (C=O) groups excluding carboxylic acids is 3. The van der Waals surface area contributed by atoms with Crippen molar-refractivity contribution < 1.29 is 19.1 Å². The zero-order valence-corrected chi connectivity index (χ0v) is 33.5. The maximum atomic E-state index is 11.1. The van der Waals surface area contributed by atoms with E-state index in [1.807, 2.05) is 70.7 Å². The van der Waals surface area contributed by atoms with Crippen molar-refractivity contribution in [2.45, 2.75) is 58.2 Å². The quantitative estimate of drug-likeness (QED) is 0.0994. The predicted molar refractivity (Wildman–Crippen MR) is 222 cm³/mol. The van der Waals surface area contributed by atoms with Crippen LogP contribution >= 0.6 is 0 Å². The summed E-state index contributed by atoms with van der Waals surface area (Å²) in [5.41, 5.74) is 17.8. The Bertz CT molecular complexity index is 1980. The number of hydrogen-bond acceptors (Lipinski definition) is 9. The molecule has 3 aromatic carbocycles. The number of nitrogens with zero attached hydrogens (tertiary/aromatic N) is 4. The number of likely N-dealkylation sites (N-methyl/N-ethyl adjacent to an activating group) is 1. The number of hydrogen-bond donors (Lipinski definition) is 4. The average molecular weight is 761 g/mol. The van der Waals surface area contributed by atoms with Crippen LogP contribution in [0.2, 0.25) is 0 Å². The van der Waals surface area contributed by atoms with Gasteiger partial charge in [-0.1, -0.05) is 87.2 Å². The number of amides is 1. The smallest absolute Gasteiger partial charge is 0.292 e. The minimum Gasteiger partial charge on any atom is -0.471 e. The molecule has 0 aliphatic carbocycles. The molecule has 3 unspecified atom stereocenters. The molecule has 12 heteroatoms. The third-order valence-electron chi connectivity index (χ3n) is 9.06. The molecule has 0 spiro atoms. The molecule has 5 aromatic rings. The second kappa shape index (κ2) is 23.1. The van der Waals surface area contributed by atoms with Crippen LogP contribution in [0.5, 0.6) is 0 Å². The van der Waals surface area contributed by atoms with Gasteiger partial charge in [0.05, 0.1) is 43.0 Å². The van der Waals surface area contributed by atoms with Crippen molar-refractivity contribution in [3.8, 4) is 34.4 Å². The summed E-state index contributed by atoms with van der Waals surface area (Å²) in [7, 11) is 7.15. The van der Waals surface area contributed by atoms with E-state index in [2.05, 4.69) is 104 Å². The molecule has 296 valence electrons.